The van der Waals surface area contributed by atoms with Crippen molar-refractivity contribution in [3.05, 3.63) is 29.8 Å². The van der Waals surface area contributed by atoms with E-state index in [9.17, 15) is 13.2 Å². The largest absolute Gasteiger partial charge is 0.347 e. The van der Waals surface area contributed by atoms with E-state index in [4.69, 9.17) is 0 Å². The molecule has 1 aromatic carbocycles. The lowest BCUT2D eigenvalue weighted by atomic mass is 9.84. The topological polar surface area (TPSA) is 66.5 Å². The average molecular weight is 367 g/mol. The van der Waals surface area contributed by atoms with E-state index in [1.54, 1.807) is 26.2 Å². The highest BCUT2D eigenvalue weighted by Gasteiger charge is 2.29. The Bertz CT molecular complexity index is 675. The van der Waals surface area contributed by atoms with Crippen molar-refractivity contribution in [1.82, 2.24) is 9.62 Å². The molecule has 0 saturated heterocycles. The zero-order valence-corrected chi connectivity index (χ0v) is 16.5. The van der Waals surface area contributed by atoms with Crippen molar-refractivity contribution < 1.29 is 13.2 Å². The molecule has 1 fully saturated rings. The first kappa shape index (κ1) is 19.9. The highest BCUT2D eigenvalue weighted by atomic mass is 32.2. The minimum atomic E-state index is -3.73. The van der Waals surface area contributed by atoms with Crippen LogP contribution in [0.1, 0.15) is 57.4 Å². The van der Waals surface area contributed by atoms with E-state index < -0.39 is 16.1 Å². The van der Waals surface area contributed by atoms with Crippen molar-refractivity contribution in [3.63, 3.8) is 0 Å². The van der Waals surface area contributed by atoms with Gasteiger partial charge in [0.15, 0.2) is 0 Å². The van der Waals surface area contributed by atoms with Crippen LogP contribution in [-0.4, -0.2) is 39.4 Å². The third kappa shape index (κ3) is 5.05. The molecule has 5 nitrogen and oxygen atoms in total. The summed E-state index contributed by atoms with van der Waals surface area (Å²) in [6.07, 6.45) is 6.14. The second-order valence-corrected chi connectivity index (χ2v) is 9.19. The summed E-state index contributed by atoms with van der Waals surface area (Å²) in [7, 11) is -0.468. The number of nitrogens with zero attached hydrogens (tertiary/aromatic N) is 1. The van der Waals surface area contributed by atoms with Crippen LogP contribution in [0.4, 0.5) is 0 Å². The third-order valence-electron chi connectivity index (χ3n) is 4.92. The Kier molecular flexibility index (Phi) is 6.63. The molecule has 1 amide bonds. The number of amides is 1. The molecular weight excluding hydrogens is 336 g/mol. The van der Waals surface area contributed by atoms with Gasteiger partial charge in [0.2, 0.25) is 15.9 Å². The van der Waals surface area contributed by atoms with Crippen LogP contribution < -0.4 is 4.72 Å². The summed E-state index contributed by atoms with van der Waals surface area (Å²) in [4.78, 5) is 13.9. The van der Waals surface area contributed by atoms with Gasteiger partial charge in [0.25, 0.3) is 0 Å². The molecule has 1 unspecified atom stereocenters. The molecule has 25 heavy (non-hydrogen) atoms. The lowest BCUT2D eigenvalue weighted by molar-refractivity contribution is -0.131. The summed E-state index contributed by atoms with van der Waals surface area (Å²) < 4.78 is 27.9. The lowest BCUT2D eigenvalue weighted by Gasteiger charge is -2.25. The first-order chi connectivity index (χ1) is 11.7. The molecular formula is C19H30N2O3S. The van der Waals surface area contributed by atoms with Crippen LogP contribution in [0.25, 0.3) is 0 Å². The SMILES string of the molecule is CC(C)C(NS(=O)(=O)c1ccc(C2CCCCC2)cc1)C(=O)N(C)C. The standard InChI is InChI=1S/C19H30N2O3S/c1-14(2)18(19(22)21(3)4)20-25(23,24)17-12-10-16(11-13-17)15-8-6-5-7-9-15/h10-15,18,20H,5-9H2,1-4H3. The number of likely N-dealkylation sites (N-methyl/N-ethyl adjacent to an activating group) is 1. The Hall–Kier alpha value is -1.40. The highest BCUT2D eigenvalue weighted by Crippen LogP contribution is 2.32. The van der Waals surface area contributed by atoms with E-state index in [1.165, 1.54) is 42.6 Å². The van der Waals surface area contributed by atoms with E-state index in [1.807, 2.05) is 26.0 Å². The molecule has 0 radical (unpaired) electrons. The maximum absolute atomic E-state index is 12.7. The summed E-state index contributed by atoms with van der Waals surface area (Å²) >= 11 is 0. The minimum absolute atomic E-state index is 0.133. The molecule has 2 rings (SSSR count). The summed E-state index contributed by atoms with van der Waals surface area (Å²) in [6.45, 7) is 3.67. The van der Waals surface area contributed by atoms with Crippen LogP contribution in [0.2, 0.25) is 0 Å². The van der Waals surface area contributed by atoms with Gasteiger partial charge in [0, 0.05) is 14.1 Å². The van der Waals surface area contributed by atoms with Crippen molar-refractivity contribution in [1.29, 1.82) is 0 Å². The fourth-order valence-electron chi connectivity index (χ4n) is 3.34. The fourth-order valence-corrected chi connectivity index (χ4v) is 4.68. The van der Waals surface area contributed by atoms with Crippen LogP contribution in [-0.2, 0) is 14.8 Å². The number of carbonyl (C=O) groups is 1. The Morgan fingerprint density at radius 1 is 1.08 bits per heavy atom. The van der Waals surface area contributed by atoms with Gasteiger partial charge >= 0.3 is 0 Å². The number of rotatable bonds is 6. The van der Waals surface area contributed by atoms with Crippen LogP contribution in [0.15, 0.2) is 29.2 Å². The van der Waals surface area contributed by atoms with Crippen LogP contribution in [0.3, 0.4) is 0 Å². The van der Waals surface area contributed by atoms with E-state index in [-0.39, 0.29) is 16.7 Å². The molecule has 1 N–H and O–H groups in total. The average Bonchev–Trinajstić information content (AvgIpc) is 2.59. The smallest absolute Gasteiger partial charge is 0.241 e. The van der Waals surface area contributed by atoms with Crippen molar-refractivity contribution in [2.24, 2.45) is 5.92 Å². The molecule has 1 aliphatic rings. The highest BCUT2D eigenvalue weighted by molar-refractivity contribution is 7.89. The molecule has 1 saturated carbocycles. The van der Waals surface area contributed by atoms with Gasteiger partial charge in [-0.25, -0.2) is 8.42 Å². The van der Waals surface area contributed by atoms with Gasteiger partial charge in [0.1, 0.15) is 6.04 Å². The Morgan fingerprint density at radius 2 is 1.64 bits per heavy atom. The quantitative estimate of drug-likeness (QED) is 0.841. The molecule has 1 aromatic rings. The molecule has 0 heterocycles. The molecule has 140 valence electrons. The number of carbonyl (C=O) groups excluding carboxylic acids is 1. The maximum atomic E-state index is 12.7. The maximum Gasteiger partial charge on any atom is 0.241 e. The first-order valence-corrected chi connectivity index (χ1v) is 10.5. The monoisotopic (exact) mass is 366 g/mol. The number of nitrogens with one attached hydrogen (secondary N) is 1. The van der Waals surface area contributed by atoms with Gasteiger partial charge in [-0.1, -0.05) is 45.2 Å². The van der Waals surface area contributed by atoms with Crippen LogP contribution >= 0.6 is 0 Å². The molecule has 0 aromatic heterocycles. The predicted molar refractivity (Wildman–Crippen MR) is 99.9 cm³/mol. The molecule has 6 heteroatoms. The molecule has 0 bridgehead atoms. The number of benzene rings is 1. The lowest BCUT2D eigenvalue weighted by Crippen LogP contribution is -2.49. The Morgan fingerprint density at radius 3 is 2.12 bits per heavy atom. The van der Waals surface area contributed by atoms with Crippen LogP contribution in [0.5, 0.6) is 0 Å². The van der Waals surface area contributed by atoms with E-state index in [0.717, 1.165) is 0 Å². The number of hydrogen-bond acceptors (Lipinski definition) is 3. The Balaban J connectivity index is 2.16. The summed E-state index contributed by atoms with van der Waals surface area (Å²) in [5, 5.41) is 0. The predicted octanol–water partition coefficient (Wildman–Crippen LogP) is 3.13. The van der Waals surface area contributed by atoms with E-state index in [2.05, 4.69) is 4.72 Å². The van der Waals surface area contributed by atoms with Gasteiger partial charge < -0.3 is 4.90 Å². The Labute approximate surface area is 151 Å². The van der Waals surface area contributed by atoms with Crippen molar-refractivity contribution in [3.8, 4) is 0 Å². The van der Waals surface area contributed by atoms with Crippen molar-refractivity contribution in [2.75, 3.05) is 14.1 Å². The van der Waals surface area contributed by atoms with Gasteiger partial charge in [0.05, 0.1) is 4.90 Å². The third-order valence-corrected chi connectivity index (χ3v) is 6.38. The summed E-state index contributed by atoms with van der Waals surface area (Å²) in [5.74, 6) is 0.167. The number of sulfonamides is 1. The molecule has 0 aliphatic heterocycles. The minimum Gasteiger partial charge on any atom is -0.347 e. The molecule has 1 atom stereocenters. The van der Waals surface area contributed by atoms with E-state index >= 15 is 0 Å². The summed E-state index contributed by atoms with van der Waals surface area (Å²) in [5.41, 5.74) is 1.21. The van der Waals surface area contributed by atoms with Crippen LogP contribution in [0, 0.1) is 5.92 Å². The summed E-state index contributed by atoms with van der Waals surface area (Å²) in [6, 6.07) is 6.39. The zero-order valence-electron chi connectivity index (χ0n) is 15.7. The second kappa shape index (κ2) is 8.32. The van der Waals surface area contributed by atoms with Crippen molar-refractivity contribution >= 4 is 15.9 Å². The van der Waals surface area contributed by atoms with Gasteiger partial charge in [-0.3, -0.25) is 4.79 Å². The molecule has 1 aliphatic carbocycles. The van der Waals surface area contributed by atoms with Gasteiger partial charge in [-0.2, -0.15) is 4.72 Å². The van der Waals surface area contributed by atoms with Crippen molar-refractivity contribution in [2.45, 2.75) is 62.8 Å². The number of hydrogen-bond donors (Lipinski definition) is 1. The molecule has 0 spiro atoms. The normalized spacial score (nSPS) is 17.5. The zero-order chi connectivity index (χ0) is 18.6. The first-order valence-electron chi connectivity index (χ1n) is 9.06. The second-order valence-electron chi connectivity index (χ2n) is 7.48. The van der Waals surface area contributed by atoms with Gasteiger partial charge in [-0.05, 0) is 42.4 Å². The fraction of sp³-hybridized carbons (Fsp3) is 0.632. The van der Waals surface area contributed by atoms with Gasteiger partial charge in [-0.15, -0.1) is 0 Å². The van der Waals surface area contributed by atoms with E-state index in [0.29, 0.717) is 5.92 Å².